The molecule has 0 N–H and O–H groups in total. The van der Waals surface area contributed by atoms with E-state index in [-0.39, 0.29) is 0 Å². The average molecular weight is 286 g/mol. The first-order chi connectivity index (χ1) is 9.62. The summed E-state index contributed by atoms with van der Waals surface area (Å²) >= 11 is 1.43. The SMILES string of the molecule is CCCc1nc(COc2cc(C)cc(C)c2)sc1C#N. The highest BCUT2D eigenvalue weighted by Gasteiger charge is 2.10. The molecule has 3 nitrogen and oxygen atoms in total. The molecule has 0 aliphatic carbocycles. The fourth-order valence-electron chi connectivity index (χ4n) is 2.12. The lowest BCUT2D eigenvalue weighted by atomic mass is 10.1. The molecule has 0 saturated carbocycles. The van der Waals surface area contributed by atoms with Crippen molar-refractivity contribution < 1.29 is 4.74 Å². The van der Waals surface area contributed by atoms with E-state index in [1.54, 1.807) is 0 Å². The van der Waals surface area contributed by atoms with Gasteiger partial charge >= 0.3 is 0 Å². The van der Waals surface area contributed by atoms with Crippen molar-refractivity contribution in [2.45, 2.75) is 40.2 Å². The number of nitriles is 1. The number of rotatable bonds is 5. The third kappa shape index (κ3) is 3.58. The number of benzene rings is 1. The van der Waals surface area contributed by atoms with Crippen molar-refractivity contribution in [1.82, 2.24) is 4.98 Å². The Morgan fingerprint density at radius 3 is 2.55 bits per heavy atom. The second-order valence-electron chi connectivity index (χ2n) is 4.86. The van der Waals surface area contributed by atoms with Crippen LogP contribution in [0.5, 0.6) is 5.75 Å². The topological polar surface area (TPSA) is 45.9 Å². The van der Waals surface area contributed by atoms with E-state index in [4.69, 9.17) is 10.00 Å². The second-order valence-corrected chi connectivity index (χ2v) is 5.94. The number of nitrogens with zero attached hydrogens (tertiary/aromatic N) is 2. The van der Waals surface area contributed by atoms with Crippen LogP contribution in [0.1, 0.15) is 40.1 Å². The lowest BCUT2D eigenvalue weighted by molar-refractivity contribution is 0.305. The molecule has 1 aromatic carbocycles. The Morgan fingerprint density at radius 1 is 1.25 bits per heavy atom. The van der Waals surface area contributed by atoms with Gasteiger partial charge in [-0.2, -0.15) is 5.26 Å². The number of ether oxygens (including phenoxy) is 1. The second kappa shape index (κ2) is 6.53. The zero-order valence-electron chi connectivity index (χ0n) is 12.1. The number of aromatic nitrogens is 1. The summed E-state index contributed by atoms with van der Waals surface area (Å²) < 4.78 is 5.78. The number of hydrogen-bond acceptors (Lipinski definition) is 4. The number of aryl methyl sites for hydroxylation is 3. The Morgan fingerprint density at radius 2 is 1.95 bits per heavy atom. The molecule has 0 bridgehead atoms. The van der Waals surface area contributed by atoms with Crippen molar-refractivity contribution in [2.75, 3.05) is 0 Å². The summed E-state index contributed by atoms with van der Waals surface area (Å²) in [6.45, 7) is 6.62. The molecule has 104 valence electrons. The first-order valence-corrected chi connectivity index (χ1v) is 7.53. The van der Waals surface area contributed by atoms with Gasteiger partial charge in [-0.1, -0.05) is 19.4 Å². The third-order valence-corrected chi connectivity index (χ3v) is 3.86. The summed E-state index contributed by atoms with van der Waals surface area (Å²) in [6, 6.07) is 8.36. The van der Waals surface area contributed by atoms with Crippen LogP contribution in [-0.2, 0) is 13.0 Å². The van der Waals surface area contributed by atoms with Gasteiger partial charge in [-0.3, -0.25) is 0 Å². The summed E-state index contributed by atoms with van der Waals surface area (Å²) in [6.07, 6.45) is 1.85. The smallest absolute Gasteiger partial charge is 0.140 e. The minimum absolute atomic E-state index is 0.423. The molecule has 0 aliphatic heterocycles. The highest BCUT2D eigenvalue weighted by molar-refractivity contribution is 7.12. The van der Waals surface area contributed by atoms with Gasteiger partial charge in [0.05, 0.1) is 5.69 Å². The summed E-state index contributed by atoms with van der Waals surface area (Å²) in [5, 5.41) is 9.96. The van der Waals surface area contributed by atoms with Crippen molar-refractivity contribution in [3.63, 3.8) is 0 Å². The predicted octanol–water partition coefficient (Wildman–Crippen LogP) is 4.16. The molecule has 0 radical (unpaired) electrons. The first-order valence-electron chi connectivity index (χ1n) is 6.72. The van der Waals surface area contributed by atoms with E-state index in [9.17, 15) is 0 Å². The van der Waals surface area contributed by atoms with Gasteiger partial charge in [-0.05, 0) is 43.5 Å². The van der Waals surface area contributed by atoms with E-state index in [1.165, 1.54) is 22.5 Å². The first kappa shape index (κ1) is 14.5. The number of thiazole rings is 1. The van der Waals surface area contributed by atoms with Gasteiger partial charge < -0.3 is 4.74 Å². The van der Waals surface area contributed by atoms with Gasteiger partial charge in [0.15, 0.2) is 0 Å². The Hall–Kier alpha value is -1.86. The minimum Gasteiger partial charge on any atom is -0.486 e. The zero-order chi connectivity index (χ0) is 14.5. The molecular formula is C16H18N2OS. The van der Waals surface area contributed by atoms with E-state index in [2.05, 4.69) is 37.9 Å². The summed E-state index contributed by atoms with van der Waals surface area (Å²) in [7, 11) is 0. The van der Waals surface area contributed by atoms with Gasteiger partial charge in [-0.15, -0.1) is 11.3 Å². The van der Waals surface area contributed by atoms with Gasteiger partial charge in [0.1, 0.15) is 28.3 Å². The zero-order valence-corrected chi connectivity index (χ0v) is 12.9. The Labute approximate surface area is 123 Å². The van der Waals surface area contributed by atoms with Crippen molar-refractivity contribution in [3.8, 4) is 11.8 Å². The van der Waals surface area contributed by atoms with Gasteiger partial charge in [0.25, 0.3) is 0 Å². The summed E-state index contributed by atoms with van der Waals surface area (Å²) in [5.41, 5.74) is 3.27. The van der Waals surface area contributed by atoms with Crippen LogP contribution in [0.15, 0.2) is 18.2 Å². The van der Waals surface area contributed by atoms with Crippen molar-refractivity contribution >= 4 is 11.3 Å². The van der Waals surface area contributed by atoms with Crippen LogP contribution in [-0.4, -0.2) is 4.98 Å². The van der Waals surface area contributed by atoms with Crippen LogP contribution in [0.25, 0.3) is 0 Å². The largest absolute Gasteiger partial charge is 0.486 e. The fourth-order valence-corrected chi connectivity index (χ4v) is 2.94. The third-order valence-electron chi connectivity index (χ3n) is 2.89. The molecule has 0 spiro atoms. The molecule has 0 atom stereocenters. The lowest BCUT2D eigenvalue weighted by Crippen LogP contribution is -1.96. The van der Waals surface area contributed by atoms with E-state index in [0.29, 0.717) is 11.5 Å². The van der Waals surface area contributed by atoms with E-state index < -0.39 is 0 Å². The minimum atomic E-state index is 0.423. The summed E-state index contributed by atoms with van der Waals surface area (Å²) in [4.78, 5) is 5.22. The highest BCUT2D eigenvalue weighted by atomic mass is 32.1. The van der Waals surface area contributed by atoms with Crippen LogP contribution in [0, 0.1) is 25.2 Å². The van der Waals surface area contributed by atoms with Gasteiger partial charge in [0, 0.05) is 0 Å². The molecule has 0 fully saturated rings. The molecule has 0 amide bonds. The van der Waals surface area contributed by atoms with E-state index in [0.717, 1.165) is 29.3 Å². The maximum Gasteiger partial charge on any atom is 0.140 e. The highest BCUT2D eigenvalue weighted by Crippen LogP contribution is 2.22. The van der Waals surface area contributed by atoms with Gasteiger partial charge in [0.2, 0.25) is 0 Å². The Balaban J connectivity index is 2.09. The molecule has 20 heavy (non-hydrogen) atoms. The summed E-state index contributed by atoms with van der Waals surface area (Å²) in [5.74, 6) is 0.855. The molecule has 0 saturated heterocycles. The van der Waals surface area contributed by atoms with Crippen molar-refractivity contribution in [1.29, 1.82) is 5.26 Å². The van der Waals surface area contributed by atoms with E-state index >= 15 is 0 Å². The number of hydrogen-bond donors (Lipinski definition) is 0. The van der Waals surface area contributed by atoms with Crippen LogP contribution in [0.2, 0.25) is 0 Å². The molecule has 1 aromatic heterocycles. The normalized spacial score (nSPS) is 10.3. The molecule has 1 heterocycles. The molecule has 2 rings (SSSR count). The fraction of sp³-hybridized carbons (Fsp3) is 0.375. The predicted molar refractivity (Wildman–Crippen MR) is 81.1 cm³/mol. The average Bonchev–Trinajstić information content (AvgIpc) is 2.78. The maximum atomic E-state index is 9.10. The van der Waals surface area contributed by atoms with E-state index in [1.807, 2.05) is 12.1 Å². The molecule has 4 heteroatoms. The van der Waals surface area contributed by atoms with Crippen LogP contribution >= 0.6 is 11.3 Å². The van der Waals surface area contributed by atoms with Crippen LogP contribution < -0.4 is 4.74 Å². The van der Waals surface area contributed by atoms with Crippen molar-refractivity contribution in [2.24, 2.45) is 0 Å². The molecule has 0 unspecified atom stereocenters. The lowest BCUT2D eigenvalue weighted by Gasteiger charge is -2.06. The molecule has 2 aromatic rings. The van der Waals surface area contributed by atoms with Crippen LogP contribution in [0.4, 0.5) is 0 Å². The van der Waals surface area contributed by atoms with Crippen molar-refractivity contribution in [3.05, 3.63) is 44.9 Å². The van der Waals surface area contributed by atoms with Crippen LogP contribution in [0.3, 0.4) is 0 Å². The Kier molecular flexibility index (Phi) is 4.75. The molecular weight excluding hydrogens is 268 g/mol. The molecule has 0 aliphatic rings. The van der Waals surface area contributed by atoms with Gasteiger partial charge in [-0.25, -0.2) is 4.98 Å². The maximum absolute atomic E-state index is 9.10. The standard InChI is InChI=1S/C16H18N2OS/c1-4-5-14-15(9-17)20-16(18-14)10-19-13-7-11(2)6-12(3)8-13/h6-8H,4-5,10H2,1-3H3. The Bertz CT molecular complexity index is 620. The monoisotopic (exact) mass is 286 g/mol. The quantitative estimate of drug-likeness (QED) is 0.829.